The Morgan fingerprint density at radius 1 is 1.61 bits per heavy atom. The van der Waals surface area contributed by atoms with Gasteiger partial charge in [-0.15, -0.1) is 11.3 Å². The third-order valence-corrected chi connectivity index (χ3v) is 5.75. The summed E-state index contributed by atoms with van der Waals surface area (Å²) in [6, 6.07) is 3.84. The lowest BCUT2D eigenvalue weighted by molar-refractivity contribution is 0.0708. The monoisotopic (exact) mass is 328 g/mol. The quantitative estimate of drug-likeness (QED) is 0.870. The van der Waals surface area contributed by atoms with Gasteiger partial charge in [-0.1, -0.05) is 6.92 Å². The van der Waals surface area contributed by atoms with Crippen molar-refractivity contribution in [1.82, 2.24) is 14.5 Å². The molecule has 0 radical (unpaired) electrons. The van der Waals surface area contributed by atoms with Crippen molar-refractivity contribution in [2.45, 2.75) is 38.6 Å². The molecule has 0 saturated carbocycles. The summed E-state index contributed by atoms with van der Waals surface area (Å²) in [5.41, 5.74) is 2.23. The van der Waals surface area contributed by atoms with Gasteiger partial charge in [0, 0.05) is 20.3 Å². The number of amides is 1. The summed E-state index contributed by atoms with van der Waals surface area (Å²) in [7, 11) is 3.66. The predicted octanol–water partition coefficient (Wildman–Crippen LogP) is 3.07. The maximum atomic E-state index is 12.9. The number of nitriles is 1. The van der Waals surface area contributed by atoms with Crippen molar-refractivity contribution in [2.24, 2.45) is 7.05 Å². The first-order valence-corrected chi connectivity index (χ1v) is 8.68. The van der Waals surface area contributed by atoms with E-state index in [-0.39, 0.29) is 11.9 Å². The Hall–Kier alpha value is -2.13. The normalized spacial score (nSPS) is 16.7. The molecule has 1 aliphatic carbocycles. The zero-order chi connectivity index (χ0) is 16.6. The topological polar surface area (TPSA) is 61.9 Å². The van der Waals surface area contributed by atoms with Gasteiger partial charge >= 0.3 is 0 Å². The molecule has 0 spiro atoms. The van der Waals surface area contributed by atoms with Crippen LogP contribution in [0.3, 0.4) is 0 Å². The van der Waals surface area contributed by atoms with Gasteiger partial charge < -0.3 is 9.47 Å². The van der Waals surface area contributed by atoms with Crippen LogP contribution < -0.4 is 0 Å². The molecule has 0 saturated heterocycles. The van der Waals surface area contributed by atoms with Crippen LogP contribution in [0.25, 0.3) is 0 Å². The van der Waals surface area contributed by atoms with E-state index in [1.807, 2.05) is 11.9 Å². The van der Waals surface area contributed by atoms with Gasteiger partial charge in [0.2, 0.25) is 0 Å². The molecule has 0 N–H and O–H groups in total. The van der Waals surface area contributed by atoms with E-state index in [4.69, 9.17) is 10.2 Å². The first-order valence-electron chi connectivity index (χ1n) is 7.87. The van der Waals surface area contributed by atoms with E-state index < -0.39 is 0 Å². The fourth-order valence-corrected chi connectivity index (χ4v) is 4.36. The van der Waals surface area contributed by atoms with Crippen LogP contribution >= 0.6 is 11.3 Å². The summed E-state index contributed by atoms with van der Waals surface area (Å²) >= 11 is 1.73. The van der Waals surface area contributed by atoms with Gasteiger partial charge in [-0.3, -0.25) is 4.79 Å². The molecule has 1 amide bonds. The van der Waals surface area contributed by atoms with Crippen LogP contribution in [0.15, 0.2) is 12.3 Å². The molecule has 3 rings (SSSR count). The molecule has 120 valence electrons. The number of hydrogen-bond donors (Lipinski definition) is 0. The van der Waals surface area contributed by atoms with E-state index in [2.05, 4.69) is 13.0 Å². The number of aromatic nitrogens is 2. The molecular formula is C17H20N4OS. The van der Waals surface area contributed by atoms with E-state index in [1.165, 1.54) is 4.88 Å². The number of carbonyl (C=O) groups is 1. The lowest BCUT2D eigenvalue weighted by atomic mass is 9.97. The van der Waals surface area contributed by atoms with E-state index in [0.717, 1.165) is 36.4 Å². The van der Waals surface area contributed by atoms with Crippen molar-refractivity contribution in [1.29, 1.82) is 5.26 Å². The number of fused-ring (bicyclic) bond motifs is 1. The van der Waals surface area contributed by atoms with Crippen LogP contribution in [0, 0.1) is 11.3 Å². The molecule has 0 unspecified atom stereocenters. The Labute approximate surface area is 140 Å². The molecule has 2 heterocycles. The largest absolute Gasteiger partial charge is 0.345 e. The van der Waals surface area contributed by atoms with Gasteiger partial charge in [-0.2, -0.15) is 5.26 Å². The first-order chi connectivity index (χ1) is 11.0. The van der Waals surface area contributed by atoms with E-state index >= 15 is 0 Å². The molecule has 2 aromatic heterocycles. The molecule has 0 aliphatic heterocycles. The number of nitrogens with zero attached hydrogens (tertiary/aromatic N) is 4. The van der Waals surface area contributed by atoms with E-state index in [9.17, 15) is 4.79 Å². The first kappa shape index (κ1) is 15.8. The molecule has 0 fully saturated rings. The van der Waals surface area contributed by atoms with Crippen LogP contribution in [-0.4, -0.2) is 27.4 Å². The second-order valence-corrected chi connectivity index (χ2v) is 7.05. The maximum Gasteiger partial charge on any atom is 0.270 e. The average molecular weight is 328 g/mol. The standard InChI is InChI=1S/C17H20N4OS/c1-4-15-19-12-6-5-7-13(16(12)23-15)21(3)17(22)14-8-11(9-18)10-20(14)2/h8,10,13H,4-7H2,1-3H3/t13-/m1/s1. The SMILES string of the molecule is CCc1nc2c(s1)[C@H](N(C)C(=O)c1cc(C#N)cn1C)CCC2. The van der Waals surface area contributed by atoms with Crippen LogP contribution in [-0.2, 0) is 19.9 Å². The minimum absolute atomic E-state index is 0.0432. The predicted molar refractivity (Wildman–Crippen MR) is 89.4 cm³/mol. The summed E-state index contributed by atoms with van der Waals surface area (Å²) in [6.45, 7) is 2.11. The third-order valence-electron chi connectivity index (χ3n) is 4.41. The van der Waals surface area contributed by atoms with Crippen molar-refractivity contribution in [3.63, 3.8) is 0 Å². The minimum Gasteiger partial charge on any atom is -0.345 e. The van der Waals surface area contributed by atoms with E-state index in [1.54, 1.807) is 35.2 Å². The van der Waals surface area contributed by atoms with Crippen LogP contribution in [0.5, 0.6) is 0 Å². The molecule has 1 aliphatic rings. The molecule has 1 atom stereocenters. The molecule has 0 bridgehead atoms. The number of thiazole rings is 1. The molecule has 5 nitrogen and oxygen atoms in total. The Bertz CT molecular complexity index is 783. The number of carbonyl (C=O) groups excluding carboxylic acids is 1. The fraction of sp³-hybridized carbons (Fsp3) is 0.471. The second kappa shape index (κ2) is 6.17. The van der Waals surface area contributed by atoms with Gasteiger partial charge in [0.15, 0.2) is 0 Å². The lowest BCUT2D eigenvalue weighted by Gasteiger charge is -2.30. The Balaban J connectivity index is 1.90. The van der Waals surface area contributed by atoms with Crippen molar-refractivity contribution in [3.8, 4) is 6.07 Å². The fourth-order valence-electron chi connectivity index (χ4n) is 3.13. The van der Waals surface area contributed by atoms with Crippen molar-refractivity contribution in [3.05, 3.63) is 39.1 Å². The van der Waals surface area contributed by atoms with Crippen LogP contribution in [0.4, 0.5) is 0 Å². The smallest absolute Gasteiger partial charge is 0.270 e. The van der Waals surface area contributed by atoms with E-state index in [0.29, 0.717) is 11.3 Å². The van der Waals surface area contributed by atoms with Crippen molar-refractivity contribution >= 4 is 17.2 Å². The lowest BCUT2D eigenvalue weighted by Crippen LogP contribution is -2.33. The van der Waals surface area contributed by atoms with Gasteiger partial charge in [-0.25, -0.2) is 4.98 Å². The third kappa shape index (κ3) is 2.77. The Morgan fingerprint density at radius 3 is 3.04 bits per heavy atom. The van der Waals surface area contributed by atoms with Crippen molar-refractivity contribution in [2.75, 3.05) is 7.05 Å². The van der Waals surface area contributed by atoms with Crippen LogP contribution in [0.1, 0.15) is 57.4 Å². The molecular weight excluding hydrogens is 308 g/mol. The zero-order valence-electron chi connectivity index (χ0n) is 13.7. The molecule has 6 heteroatoms. The van der Waals surface area contributed by atoms with Gasteiger partial charge in [0.05, 0.1) is 27.2 Å². The second-order valence-electron chi connectivity index (χ2n) is 5.93. The average Bonchev–Trinajstić information content (AvgIpc) is 3.15. The molecule has 23 heavy (non-hydrogen) atoms. The van der Waals surface area contributed by atoms with Crippen LogP contribution in [0.2, 0.25) is 0 Å². The Morgan fingerprint density at radius 2 is 2.39 bits per heavy atom. The highest BCUT2D eigenvalue weighted by atomic mass is 32.1. The zero-order valence-corrected chi connectivity index (χ0v) is 14.5. The van der Waals surface area contributed by atoms with Gasteiger partial charge in [0.25, 0.3) is 5.91 Å². The number of hydrogen-bond acceptors (Lipinski definition) is 4. The summed E-state index contributed by atoms with van der Waals surface area (Å²) in [5.74, 6) is -0.0432. The number of aryl methyl sites for hydroxylation is 3. The van der Waals surface area contributed by atoms with Gasteiger partial charge in [-0.05, 0) is 31.7 Å². The highest BCUT2D eigenvalue weighted by Crippen LogP contribution is 2.38. The highest BCUT2D eigenvalue weighted by Gasteiger charge is 2.31. The summed E-state index contributed by atoms with van der Waals surface area (Å²) in [4.78, 5) is 20.6. The highest BCUT2D eigenvalue weighted by molar-refractivity contribution is 7.11. The molecule has 2 aromatic rings. The Kier molecular flexibility index (Phi) is 4.22. The summed E-state index contributed by atoms with van der Waals surface area (Å²) in [6.07, 6.45) is 5.66. The number of rotatable bonds is 3. The van der Waals surface area contributed by atoms with Crippen molar-refractivity contribution < 1.29 is 4.79 Å². The van der Waals surface area contributed by atoms with Gasteiger partial charge in [0.1, 0.15) is 11.8 Å². The summed E-state index contributed by atoms with van der Waals surface area (Å²) in [5, 5.41) is 10.2. The maximum absolute atomic E-state index is 12.9. The summed E-state index contributed by atoms with van der Waals surface area (Å²) < 4.78 is 1.73. The minimum atomic E-state index is -0.0432. The molecule has 0 aromatic carbocycles.